The molecule has 5 nitrogen and oxygen atoms in total. The molecule has 0 radical (unpaired) electrons. The number of nitrogens with zero attached hydrogens (tertiary/aromatic N) is 1. The lowest BCUT2D eigenvalue weighted by Gasteiger charge is -2.19. The second kappa shape index (κ2) is 6.54. The van der Waals surface area contributed by atoms with Crippen molar-refractivity contribution in [1.82, 2.24) is 4.90 Å². The number of carboxylic acids is 1. The van der Waals surface area contributed by atoms with Crippen LogP contribution in [-0.4, -0.2) is 35.5 Å². The maximum atomic E-state index is 11.0. The number of hydrogen-bond acceptors (Lipinski definition) is 3. The standard InChI is InChI=1S/C13H17ClN2O3/c1-8(13(18)19)6-16(2)7-10-4-3-9(12(15)17)5-11(10)14/h3-5,8H,6-7H2,1-2H3,(H2,15,17)(H,18,19). The van der Waals surface area contributed by atoms with Gasteiger partial charge < -0.3 is 15.7 Å². The van der Waals surface area contributed by atoms with Crippen molar-refractivity contribution in [3.63, 3.8) is 0 Å². The predicted octanol–water partition coefficient (Wildman–Crippen LogP) is 1.59. The summed E-state index contributed by atoms with van der Waals surface area (Å²) in [6.45, 7) is 2.58. The van der Waals surface area contributed by atoms with Crippen LogP contribution in [0.25, 0.3) is 0 Å². The molecule has 1 amide bonds. The van der Waals surface area contributed by atoms with Gasteiger partial charge in [-0.05, 0) is 24.7 Å². The quantitative estimate of drug-likeness (QED) is 0.831. The number of aliphatic carboxylic acids is 1. The van der Waals surface area contributed by atoms with Crippen LogP contribution in [0.3, 0.4) is 0 Å². The number of nitrogens with two attached hydrogens (primary N) is 1. The summed E-state index contributed by atoms with van der Waals surface area (Å²) in [5.41, 5.74) is 6.34. The number of carbonyl (C=O) groups is 2. The zero-order valence-electron chi connectivity index (χ0n) is 10.9. The van der Waals surface area contributed by atoms with Crippen LogP contribution in [0.1, 0.15) is 22.8 Å². The molecule has 104 valence electrons. The summed E-state index contributed by atoms with van der Waals surface area (Å²) in [6.07, 6.45) is 0. The smallest absolute Gasteiger partial charge is 0.307 e. The van der Waals surface area contributed by atoms with Crippen LogP contribution in [0.5, 0.6) is 0 Å². The zero-order valence-corrected chi connectivity index (χ0v) is 11.6. The fourth-order valence-corrected chi connectivity index (χ4v) is 1.97. The van der Waals surface area contributed by atoms with Gasteiger partial charge in [0.1, 0.15) is 0 Å². The van der Waals surface area contributed by atoms with Crippen LogP contribution in [0.2, 0.25) is 5.02 Å². The number of rotatable bonds is 6. The molecule has 6 heteroatoms. The molecule has 0 bridgehead atoms. The van der Waals surface area contributed by atoms with Crippen molar-refractivity contribution in [3.05, 3.63) is 34.3 Å². The molecule has 0 spiro atoms. The van der Waals surface area contributed by atoms with Gasteiger partial charge in [-0.1, -0.05) is 24.6 Å². The SMILES string of the molecule is CC(CN(C)Cc1ccc(C(N)=O)cc1Cl)C(=O)O. The molecular formula is C13H17ClN2O3. The first-order valence-corrected chi connectivity index (χ1v) is 6.18. The van der Waals surface area contributed by atoms with Gasteiger partial charge in [0.05, 0.1) is 5.92 Å². The average molecular weight is 285 g/mol. The summed E-state index contributed by atoms with van der Waals surface area (Å²) < 4.78 is 0. The van der Waals surface area contributed by atoms with E-state index in [0.29, 0.717) is 23.7 Å². The van der Waals surface area contributed by atoms with Crippen LogP contribution in [0, 0.1) is 5.92 Å². The average Bonchev–Trinajstić information content (AvgIpc) is 2.31. The summed E-state index contributed by atoms with van der Waals surface area (Å²) in [7, 11) is 1.82. The Morgan fingerprint density at radius 3 is 2.58 bits per heavy atom. The van der Waals surface area contributed by atoms with E-state index in [1.165, 1.54) is 6.07 Å². The highest BCUT2D eigenvalue weighted by Crippen LogP contribution is 2.19. The molecule has 3 N–H and O–H groups in total. The molecule has 0 saturated carbocycles. The summed E-state index contributed by atoms with van der Waals surface area (Å²) in [5.74, 6) is -1.81. The number of carboxylic acid groups (broad SMARTS) is 1. The highest BCUT2D eigenvalue weighted by atomic mass is 35.5. The molecule has 0 saturated heterocycles. The zero-order chi connectivity index (χ0) is 14.6. The topological polar surface area (TPSA) is 83.6 Å². The van der Waals surface area contributed by atoms with Crippen LogP contribution < -0.4 is 5.73 Å². The van der Waals surface area contributed by atoms with Crippen molar-refractivity contribution in [2.24, 2.45) is 11.7 Å². The highest BCUT2D eigenvalue weighted by molar-refractivity contribution is 6.31. The summed E-state index contributed by atoms with van der Waals surface area (Å²) >= 11 is 6.07. The summed E-state index contributed by atoms with van der Waals surface area (Å²) in [6, 6.07) is 4.86. The largest absolute Gasteiger partial charge is 0.481 e. The molecule has 0 aliphatic rings. The molecule has 1 aromatic rings. The van der Waals surface area contributed by atoms with Gasteiger partial charge in [-0.2, -0.15) is 0 Å². The fraction of sp³-hybridized carbons (Fsp3) is 0.385. The third-order valence-corrected chi connectivity index (χ3v) is 3.14. The van der Waals surface area contributed by atoms with Crippen molar-refractivity contribution in [1.29, 1.82) is 0 Å². The van der Waals surface area contributed by atoms with Gasteiger partial charge in [-0.15, -0.1) is 0 Å². The van der Waals surface area contributed by atoms with E-state index in [1.807, 2.05) is 11.9 Å². The maximum absolute atomic E-state index is 11.0. The Morgan fingerprint density at radius 2 is 2.11 bits per heavy atom. The van der Waals surface area contributed by atoms with E-state index < -0.39 is 17.8 Å². The van der Waals surface area contributed by atoms with Crippen molar-refractivity contribution < 1.29 is 14.7 Å². The lowest BCUT2D eigenvalue weighted by atomic mass is 10.1. The van der Waals surface area contributed by atoms with Crippen LogP contribution in [-0.2, 0) is 11.3 Å². The first-order valence-electron chi connectivity index (χ1n) is 5.81. The molecule has 0 aliphatic carbocycles. The van der Waals surface area contributed by atoms with Gasteiger partial charge >= 0.3 is 5.97 Å². The lowest BCUT2D eigenvalue weighted by molar-refractivity contribution is -0.141. The van der Waals surface area contributed by atoms with E-state index in [0.717, 1.165) is 5.56 Å². The lowest BCUT2D eigenvalue weighted by Crippen LogP contribution is -2.28. The van der Waals surface area contributed by atoms with E-state index in [2.05, 4.69) is 0 Å². The molecule has 0 aliphatic heterocycles. The molecule has 1 rings (SSSR count). The van der Waals surface area contributed by atoms with E-state index in [4.69, 9.17) is 22.4 Å². The number of benzene rings is 1. The molecule has 0 heterocycles. The van der Waals surface area contributed by atoms with Gasteiger partial charge in [0.25, 0.3) is 0 Å². The Morgan fingerprint density at radius 1 is 1.47 bits per heavy atom. The normalized spacial score (nSPS) is 12.4. The van der Waals surface area contributed by atoms with Crippen molar-refractivity contribution in [3.8, 4) is 0 Å². The predicted molar refractivity (Wildman–Crippen MR) is 73.1 cm³/mol. The van der Waals surface area contributed by atoms with Crippen molar-refractivity contribution >= 4 is 23.5 Å². The highest BCUT2D eigenvalue weighted by Gasteiger charge is 2.14. The molecule has 1 unspecified atom stereocenters. The van der Waals surface area contributed by atoms with Gasteiger partial charge in [0.2, 0.25) is 5.91 Å². The minimum atomic E-state index is -0.831. The third-order valence-electron chi connectivity index (χ3n) is 2.78. The number of halogens is 1. The van der Waals surface area contributed by atoms with Gasteiger partial charge in [-0.25, -0.2) is 0 Å². The van der Waals surface area contributed by atoms with Gasteiger partial charge in [0.15, 0.2) is 0 Å². The minimum Gasteiger partial charge on any atom is -0.481 e. The summed E-state index contributed by atoms with van der Waals surface area (Å²) in [5, 5.41) is 9.30. The Kier molecular flexibility index (Phi) is 5.32. The molecular weight excluding hydrogens is 268 g/mol. The monoisotopic (exact) mass is 284 g/mol. The first kappa shape index (κ1) is 15.5. The number of hydrogen-bond donors (Lipinski definition) is 2. The Balaban J connectivity index is 2.72. The number of primary amides is 1. The van der Waals surface area contributed by atoms with E-state index >= 15 is 0 Å². The van der Waals surface area contributed by atoms with Crippen molar-refractivity contribution in [2.45, 2.75) is 13.5 Å². The van der Waals surface area contributed by atoms with Crippen LogP contribution >= 0.6 is 11.6 Å². The summed E-state index contributed by atoms with van der Waals surface area (Å²) in [4.78, 5) is 23.6. The molecule has 19 heavy (non-hydrogen) atoms. The van der Waals surface area contributed by atoms with Gasteiger partial charge in [0, 0.05) is 23.7 Å². The maximum Gasteiger partial charge on any atom is 0.307 e. The van der Waals surface area contributed by atoms with E-state index in [-0.39, 0.29) is 0 Å². The Labute approximate surface area is 117 Å². The third kappa shape index (κ3) is 4.54. The molecule has 0 fully saturated rings. The molecule has 0 aromatic heterocycles. The van der Waals surface area contributed by atoms with Crippen LogP contribution in [0.15, 0.2) is 18.2 Å². The van der Waals surface area contributed by atoms with Crippen molar-refractivity contribution in [2.75, 3.05) is 13.6 Å². The number of amides is 1. The second-order valence-corrected chi connectivity index (χ2v) is 5.01. The molecule has 1 atom stereocenters. The molecule has 1 aromatic carbocycles. The minimum absolute atomic E-state index is 0.357. The fourth-order valence-electron chi connectivity index (χ4n) is 1.73. The van der Waals surface area contributed by atoms with Crippen LogP contribution in [0.4, 0.5) is 0 Å². The second-order valence-electron chi connectivity index (χ2n) is 4.61. The Hall–Kier alpha value is -1.59. The van der Waals surface area contributed by atoms with Gasteiger partial charge in [-0.3, -0.25) is 9.59 Å². The van der Waals surface area contributed by atoms with E-state index in [9.17, 15) is 9.59 Å². The van der Waals surface area contributed by atoms with E-state index in [1.54, 1.807) is 19.1 Å². The first-order chi connectivity index (χ1) is 8.81. The Bertz CT molecular complexity index is 491. The number of carbonyl (C=O) groups excluding carboxylic acids is 1.